The second kappa shape index (κ2) is 6.28. The second-order valence-electron chi connectivity index (χ2n) is 4.32. The summed E-state index contributed by atoms with van der Waals surface area (Å²) in [5, 5.41) is 0. The summed E-state index contributed by atoms with van der Waals surface area (Å²) in [7, 11) is 0. The minimum absolute atomic E-state index is 0.123. The number of hydrogen-bond acceptors (Lipinski definition) is 2. The van der Waals surface area contributed by atoms with Gasteiger partial charge in [-0.3, -0.25) is 4.79 Å². The van der Waals surface area contributed by atoms with Crippen LogP contribution in [-0.2, 0) is 0 Å². The fraction of sp³-hybridized carbons (Fsp3) is 0.188. The SMILES string of the molecule is CCC(Oc1ccc(F)cc1F)C(=O)c1ccccc1. The molecule has 4 heteroatoms. The van der Waals surface area contributed by atoms with Gasteiger partial charge in [-0.05, 0) is 18.6 Å². The lowest BCUT2D eigenvalue weighted by Crippen LogP contribution is -2.27. The standard InChI is InChI=1S/C16H14F2O2/c1-2-14(16(19)11-6-4-3-5-7-11)20-15-9-8-12(17)10-13(15)18/h3-10,14H,2H2,1H3. The van der Waals surface area contributed by atoms with Crippen molar-refractivity contribution in [2.45, 2.75) is 19.4 Å². The highest BCUT2D eigenvalue weighted by molar-refractivity contribution is 5.99. The first-order chi connectivity index (χ1) is 9.61. The number of Topliss-reactive ketones (excluding diaryl/α,β-unsaturated/α-hetero) is 1. The molecular formula is C16H14F2O2. The molecule has 0 saturated carbocycles. The summed E-state index contributed by atoms with van der Waals surface area (Å²) in [4.78, 5) is 12.2. The number of ether oxygens (including phenoxy) is 1. The molecule has 0 aliphatic carbocycles. The Balaban J connectivity index is 2.19. The molecule has 1 atom stereocenters. The Hall–Kier alpha value is -2.23. The average molecular weight is 276 g/mol. The Bertz CT molecular complexity index is 597. The zero-order chi connectivity index (χ0) is 14.5. The summed E-state index contributed by atoms with van der Waals surface area (Å²) < 4.78 is 31.7. The number of halogens is 2. The molecule has 20 heavy (non-hydrogen) atoms. The molecule has 1 unspecified atom stereocenters. The highest BCUT2D eigenvalue weighted by atomic mass is 19.1. The highest BCUT2D eigenvalue weighted by Gasteiger charge is 2.21. The Labute approximate surface area is 116 Å². The summed E-state index contributed by atoms with van der Waals surface area (Å²) in [5.41, 5.74) is 0.502. The lowest BCUT2D eigenvalue weighted by molar-refractivity contribution is 0.0779. The lowest BCUT2D eigenvalue weighted by atomic mass is 10.0. The normalized spacial score (nSPS) is 11.9. The van der Waals surface area contributed by atoms with Gasteiger partial charge in [-0.15, -0.1) is 0 Å². The number of carbonyl (C=O) groups excluding carboxylic acids is 1. The van der Waals surface area contributed by atoms with Crippen LogP contribution in [-0.4, -0.2) is 11.9 Å². The topological polar surface area (TPSA) is 26.3 Å². The van der Waals surface area contributed by atoms with Crippen molar-refractivity contribution in [1.29, 1.82) is 0 Å². The van der Waals surface area contributed by atoms with E-state index in [1.165, 1.54) is 6.07 Å². The fourth-order valence-corrected chi connectivity index (χ4v) is 1.83. The van der Waals surface area contributed by atoms with E-state index in [1.54, 1.807) is 37.3 Å². The first kappa shape index (κ1) is 14.2. The molecule has 2 aromatic carbocycles. The van der Waals surface area contributed by atoms with Crippen molar-refractivity contribution in [3.05, 3.63) is 65.7 Å². The minimum Gasteiger partial charge on any atom is -0.479 e. The number of hydrogen-bond donors (Lipinski definition) is 0. The maximum atomic E-state index is 13.5. The van der Waals surface area contributed by atoms with Crippen LogP contribution in [0.4, 0.5) is 8.78 Å². The number of rotatable bonds is 5. The number of ketones is 1. The third-order valence-electron chi connectivity index (χ3n) is 2.88. The first-order valence-electron chi connectivity index (χ1n) is 6.32. The fourth-order valence-electron chi connectivity index (χ4n) is 1.83. The van der Waals surface area contributed by atoms with Crippen molar-refractivity contribution in [2.24, 2.45) is 0 Å². The van der Waals surface area contributed by atoms with E-state index in [1.807, 2.05) is 0 Å². The van der Waals surface area contributed by atoms with Crippen LogP contribution in [0.1, 0.15) is 23.7 Å². The number of carbonyl (C=O) groups is 1. The third kappa shape index (κ3) is 3.20. The van der Waals surface area contributed by atoms with Crippen molar-refractivity contribution >= 4 is 5.78 Å². The van der Waals surface area contributed by atoms with Crippen LogP contribution in [0.3, 0.4) is 0 Å². The molecule has 0 aliphatic heterocycles. The van der Waals surface area contributed by atoms with Gasteiger partial charge in [0.05, 0.1) is 0 Å². The maximum absolute atomic E-state index is 13.5. The zero-order valence-electron chi connectivity index (χ0n) is 11.0. The largest absolute Gasteiger partial charge is 0.479 e. The molecule has 0 bridgehead atoms. The van der Waals surface area contributed by atoms with E-state index in [9.17, 15) is 13.6 Å². The molecule has 0 spiro atoms. The smallest absolute Gasteiger partial charge is 0.203 e. The van der Waals surface area contributed by atoms with Gasteiger partial charge in [0.25, 0.3) is 0 Å². The predicted molar refractivity (Wildman–Crippen MR) is 71.8 cm³/mol. The van der Waals surface area contributed by atoms with Gasteiger partial charge < -0.3 is 4.74 Å². The molecule has 2 aromatic rings. The average Bonchev–Trinajstić information content (AvgIpc) is 2.47. The lowest BCUT2D eigenvalue weighted by Gasteiger charge is -2.17. The molecule has 0 fully saturated rings. The van der Waals surface area contributed by atoms with Crippen LogP contribution in [0, 0.1) is 11.6 Å². The minimum atomic E-state index is -0.815. The molecule has 0 aromatic heterocycles. The summed E-state index contributed by atoms with van der Waals surface area (Å²) in [6.45, 7) is 1.77. The van der Waals surface area contributed by atoms with Gasteiger partial charge in [-0.2, -0.15) is 0 Å². The van der Waals surface area contributed by atoms with Crippen molar-refractivity contribution in [2.75, 3.05) is 0 Å². The van der Waals surface area contributed by atoms with Gasteiger partial charge in [-0.1, -0.05) is 37.3 Å². The molecule has 104 valence electrons. The highest BCUT2D eigenvalue weighted by Crippen LogP contribution is 2.21. The van der Waals surface area contributed by atoms with Crippen molar-refractivity contribution in [3.8, 4) is 5.75 Å². The molecule has 2 nitrogen and oxygen atoms in total. The Morgan fingerprint density at radius 3 is 2.45 bits per heavy atom. The number of benzene rings is 2. The van der Waals surface area contributed by atoms with Crippen LogP contribution in [0.5, 0.6) is 5.75 Å². The van der Waals surface area contributed by atoms with E-state index in [0.29, 0.717) is 12.0 Å². The Morgan fingerprint density at radius 1 is 1.15 bits per heavy atom. The van der Waals surface area contributed by atoms with Crippen molar-refractivity contribution in [3.63, 3.8) is 0 Å². The van der Waals surface area contributed by atoms with E-state index in [4.69, 9.17) is 4.74 Å². The Kier molecular flexibility index (Phi) is 4.45. The molecule has 0 N–H and O–H groups in total. The van der Waals surface area contributed by atoms with Crippen LogP contribution in [0.25, 0.3) is 0 Å². The van der Waals surface area contributed by atoms with E-state index in [-0.39, 0.29) is 11.5 Å². The van der Waals surface area contributed by atoms with E-state index in [0.717, 1.165) is 12.1 Å². The molecule has 0 heterocycles. The Morgan fingerprint density at radius 2 is 1.85 bits per heavy atom. The van der Waals surface area contributed by atoms with Gasteiger partial charge in [0.1, 0.15) is 5.82 Å². The molecule has 0 saturated heterocycles. The zero-order valence-corrected chi connectivity index (χ0v) is 11.0. The summed E-state index contributed by atoms with van der Waals surface area (Å²) in [6, 6.07) is 11.7. The van der Waals surface area contributed by atoms with E-state index < -0.39 is 17.7 Å². The third-order valence-corrected chi connectivity index (χ3v) is 2.88. The first-order valence-corrected chi connectivity index (χ1v) is 6.32. The van der Waals surface area contributed by atoms with E-state index in [2.05, 4.69) is 0 Å². The monoisotopic (exact) mass is 276 g/mol. The van der Waals surface area contributed by atoms with Crippen LogP contribution < -0.4 is 4.74 Å². The quantitative estimate of drug-likeness (QED) is 0.771. The van der Waals surface area contributed by atoms with Crippen LogP contribution in [0.15, 0.2) is 48.5 Å². The predicted octanol–water partition coefficient (Wildman–Crippen LogP) is 4.01. The summed E-state index contributed by atoms with van der Waals surface area (Å²) in [6.07, 6.45) is -0.401. The van der Waals surface area contributed by atoms with Gasteiger partial charge in [0.2, 0.25) is 5.78 Å². The summed E-state index contributed by atoms with van der Waals surface area (Å²) in [5.74, 6) is -1.85. The van der Waals surface area contributed by atoms with Crippen molar-refractivity contribution < 1.29 is 18.3 Å². The van der Waals surface area contributed by atoms with Crippen LogP contribution >= 0.6 is 0 Å². The van der Waals surface area contributed by atoms with Gasteiger partial charge in [0, 0.05) is 11.6 Å². The molecular weight excluding hydrogens is 262 g/mol. The summed E-state index contributed by atoms with van der Waals surface area (Å²) >= 11 is 0. The van der Waals surface area contributed by atoms with Crippen molar-refractivity contribution in [1.82, 2.24) is 0 Å². The van der Waals surface area contributed by atoms with E-state index >= 15 is 0 Å². The molecule has 0 aliphatic rings. The molecule has 2 rings (SSSR count). The van der Waals surface area contributed by atoms with Crippen LogP contribution in [0.2, 0.25) is 0 Å². The second-order valence-corrected chi connectivity index (χ2v) is 4.32. The maximum Gasteiger partial charge on any atom is 0.203 e. The van der Waals surface area contributed by atoms with Gasteiger partial charge in [-0.25, -0.2) is 8.78 Å². The molecule has 0 radical (unpaired) electrons. The molecule has 0 amide bonds. The van der Waals surface area contributed by atoms with Gasteiger partial charge >= 0.3 is 0 Å². The van der Waals surface area contributed by atoms with Gasteiger partial charge in [0.15, 0.2) is 17.7 Å².